The Labute approximate surface area is 149 Å². The molecule has 136 valence electrons. The van der Waals surface area contributed by atoms with Gasteiger partial charge >= 0.3 is 0 Å². The fourth-order valence-electron chi connectivity index (χ4n) is 2.01. The van der Waals surface area contributed by atoms with E-state index in [4.69, 9.17) is 16.3 Å². The number of nitrogens with zero attached hydrogens (tertiary/aromatic N) is 1. The first-order valence-corrected chi connectivity index (χ1v) is 9.79. The number of benzene rings is 1. The Balaban J connectivity index is 2.99. The van der Waals surface area contributed by atoms with Gasteiger partial charge in [0.15, 0.2) is 0 Å². The summed E-state index contributed by atoms with van der Waals surface area (Å²) < 4.78 is 31.9. The van der Waals surface area contributed by atoms with Crippen LogP contribution in [0.15, 0.2) is 23.1 Å². The molecule has 0 aliphatic carbocycles. The van der Waals surface area contributed by atoms with Gasteiger partial charge in [-0.3, -0.25) is 4.79 Å². The summed E-state index contributed by atoms with van der Waals surface area (Å²) in [5, 5.41) is 2.98. The molecule has 1 aromatic rings. The van der Waals surface area contributed by atoms with E-state index >= 15 is 0 Å². The van der Waals surface area contributed by atoms with Gasteiger partial charge in [-0.1, -0.05) is 25.4 Å². The zero-order valence-corrected chi connectivity index (χ0v) is 16.1. The van der Waals surface area contributed by atoms with Crippen LogP contribution in [0, 0.1) is 0 Å². The van der Waals surface area contributed by atoms with E-state index < -0.39 is 10.0 Å². The molecular formula is C16H25ClN2O4S. The lowest BCUT2D eigenvalue weighted by Crippen LogP contribution is -2.43. The lowest BCUT2D eigenvalue weighted by Gasteiger charge is -2.21. The van der Waals surface area contributed by atoms with Crippen LogP contribution in [0.3, 0.4) is 0 Å². The lowest BCUT2D eigenvalue weighted by molar-refractivity contribution is -0.121. The van der Waals surface area contributed by atoms with Crippen LogP contribution in [0.2, 0.25) is 5.02 Å². The van der Waals surface area contributed by atoms with E-state index in [1.165, 1.54) is 18.2 Å². The number of hydrogen-bond acceptors (Lipinski definition) is 4. The van der Waals surface area contributed by atoms with Crippen LogP contribution in [0.4, 0.5) is 0 Å². The van der Waals surface area contributed by atoms with Crippen LogP contribution < -0.4 is 10.1 Å². The van der Waals surface area contributed by atoms with E-state index in [0.29, 0.717) is 12.4 Å². The van der Waals surface area contributed by atoms with Gasteiger partial charge in [0.25, 0.3) is 0 Å². The van der Waals surface area contributed by atoms with Crippen LogP contribution >= 0.6 is 11.6 Å². The summed E-state index contributed by atoms with van der Waals surface area (Å²) in [4.78, 5) is 12.0. The molecule has 1 N–H and O–H groups in total. The molecule has 0 aliphatic rings. The van der Waals surface area contributed by atoms with Crippen LogP contribution in [0.5, 0.6) is 5.75 Å². The number of ether oxygens (including phenoxy) is 1. The summed E-state index contributed by atoms with van der Waals surface area (Å²) in [5.41, 5.74) is 0. The second-order valence-corrected chi connectivity index (χ2v) is 7.68. The molecule has 8 heteroatoms. The second-order valence-electron chi connectivity index (χ2n) is 5.33. The highest BCUT2D eigenvalue weighted by molar-refractivity contribution is 7.89. The molecule has 0 fully saturated rings. The van der Waals surface area contributed by atoms with E-state index in [2.05, 4.69) is 5.32 Å². The van der Waals surface area contributed by atoms with Crippen molar-refractivity contribution in [2.45, 2.75) is 45.1 Å². The van der Waals surface area contributed by atoms with Gasteiger partial charge in [0.1, 0.15) is 5.75 Å². The second kappa shape index (κ2) is 9.25. The standard InChI is InChI=1S/C16H25ClN2O4S/c1-5-12(4)18-16(20)11-19(6-2)24(21,22)13-8-9-15(23-7-3)14(17)10-13/h8-10,12H,5-7,11H2,1-4H3,(H,18,20)/t12-/m0/s1. The number of carbonyl (C=O) groups excluding carboxylic acids is 1. The first kappa shape index (κ1) is 20.7. The van der Waals surface area contributed by atoms with Crippen molar-refractivity contribution >= 4 is 27.5 Å². The van der Waals surface area contributed by atoms with E-state index in [-0.39, 0.29) is 35.0 Å². The molecular weight excluding hydrogens is 352 g/mol. The Morgan fingerprint density at radius 1 is 1.33 bits per heavy atom. The van der Waals surface area contributed by atoms with Crippen molar-refractivity contribution in [2.24, 2.45) is 0 Å². The van der Waals surface area contributed by atoms with Crippen molar-refractivity contribution in [3.05, 3.63) is 23.2 Å². The maximum Gasteiger partial charge on any atom is 0.243 e. The zero-order valence-electron chi connectivity index (χ0n) is 14.5. The molecule has 0 saturated heterocycles. The number of carbonyl (C=O) groups is 1. The first-order valence-electron chi connectivity index (χ1n) is 7.98. The third-order valence-corrected chi connectivity index (χ3v) is 5.75. The quantitative estimate of drug-likeness (QED) is 0.718. The van der Waals surface area contributed by atoms with Crippen molar-refractivity contribution < 1.29 is 17.9 Å². The molecule has 1 amide bonds. The third-order valence-electron chi connectivity index (χ3n) is 3.53. The Morgan fingerprint density at radius 3 is 2.50 bits per heavy atom. The van der Waals surface area contributed by atoms with Crippen LogP contribution in [-0.4, -0.2) is 44.4 Å². The lowest BCUT2D eigenvalue weighted by atomic mass is 10.2. The normalized spacial score (nSPS) is 12.9. The van der Waals surface area contributed by atoms with E-state index in [1.54, 1.807) is 6.92 Å². The van der Waals surface area contributed by atoms with Crippen molar-refractivity contribution in [3.63, 3.8) is 0 Å². The van der Waals surface area contributed by atoms with E-state index in [9.17, 15) is 13.2 Å². The largest absolute Gasteiger partial charge is 0.492 e. The van der Waals surface area contributed by atoms with Crippen LogP contribution in [-0.2, 0) is 14.8 Å². The van der Waals surface area contributed by atoms with Gasteiger partial charge in [-0.15, -0.1) is 0 Å². The first-order chi connectivity index (χ1) is 11.3. The van der Waals surface area contributed by atoms with Crippen molar-refractivity contribution in [1.82, 2.24) is 9.62 Å². The minimum absolute atomic E-state index is 0.00108. The SMILES string of the molecule is CCOc1ccc(S(=O)(=O)N(CC)CC(=O)N[C@@H](C)CC)cc1Cl. The molecule has 0 bridgehead atoms. The minimum atomic E-state index is -3.81. The summed E-state index contributed by atoms with van der Waals surface area (Å²) in [6.07, 6.45) is 0.777. The van der Waals surface area contributed by atoms with E-state index in [0.717, 1.165) is 10.7 Å². The molecule has 24 heavy (non-hydrogen) atoms. The molecule has 1 rings (SSSR count). The molecule has 0 aliphatic heterocycles. The number of amides is 1. The Hall–Kier alpha value is -1.31. The topological polar surface area (TPSA) is 75.7 Å². The summed E-state index contributed by atoms with van der Waals surface area (Å²) in [7, 11) is -3.81. The van der Waals surface area contributed by atoms with Gasteiger partial charge in [0.2, 0.25) is 15.9 Å². The fraction of sp³-hybridized carbons (Fsp3) is 0.562. The number of hydrogen-bond donors (Lipinski definition) is 1. The van der Waals surface area contributed by atoms with Crippen molar-refractivity contribution in [1.29, 1.82) is 0 Å². The zero-order chi connectivity index (χ0) is 18.3. The molecule has 0 spiro atoms. The highest BCUT2D eigenvalue weighted by atomic mass is 35.5. The third kappa shape index (κ3) is 5.36. The molecule has 0 heterocycles. The molecule has 0 saturated carbocycles. The Kier molecular flexibility index (Phi) is 7.99. The van der Waals surface area contributed by atoms with Gasteiger partial charge in [-0.2, -0.15) is 4.31 Å². The van der Waals surface area contributed by atoms with Crippen molar-refractivity contribution in [3.8, 4) is 5.75 Å². The number of nitrogens with one attached hydrogen (secondary N) is 1. The van der Waals surface area contributed by atoms with E-state index in [1.807, 2.05) is 20.8 Å². The summed E-state index contributed by atoms with van der Waals surface area (Å²) >= 11 is 6.07. The predicted octanol–water partition coefficient (Wildman–Crippen LogP) is 2.66. The Bertz CT molecular complexity index is 664. The average Bonchev–Trinajstić information content (AvgIpc) is 2.54. The Morgan fingerprint density at radius 2 is 2.00 bits per heavy atom. The predicted molar refractivity (Wildman–Crippen MR) is 94.9 cm³/mol. The maximum absolute atomic E-state index is 12.7. The highest BCUT2D eigenvalue weighted by Gasteiger charge is 2.26. The monoisotopic (exact) mass is 376 g/mol. The van der Waals surface area contributed by atoms with Gasteiger partial charge in [0.05, 0.1) is 23.1 Å². The minimum Gasteiger partial charge on any atom is -0.492 e. The van der Waals surface area contributed by atoms with Crippen molar-refractivity contribution in [2.75, 3.05) is 19.7 Å². The smallest absolute Gasteiger partial charge is 0.243 e. The summed E-state index contributed by atoms with van der Waals surface area (Å²) in [6, 6.07) is 4.29. The molecule has 1 aromatic carbocycles. The molecule has 6 nitrogen and oxygen atoms in total. The van der Waals surface area contributed by atoms with Gasteiger partial charge in [-0.05, 0) is 38.5 Å². The molecule has 0 aromatic heterocycles. The van der Waals surface area contributed by atoms with Gasteiger partial charge in [0, 0.05) is 12.6 Å². The number of sulfonamides is 1. The molecule has 0 unspecified atom stereocenters. The number of halogens is 1. The van der Waals surface area contributed by atoms with Crippen LogP contribution in [0.25, 0.3) is 0 Å². The molecule has 0 radical (unpaired) electrons. The average molecular weight is 377 g/mol. The van der Waals surface area contributed by atoms with Gasteiger partial charge < -0.3 is 10.1 Å². The number of likely N-dealkylation sites (N-methyl/N-ethyl adjacent to an activating group) is 1. The fourth-order valence-corrected chi connectivity index (χ4v) is 3.74. The number of rotatable bonds is 9. The highest BCUT2D eigenvalue weighted by Crippen LogP contribution is 2.28. The van der Waals surface area contributed by atoms with Gasteiger partial charge in [-0.25, -0.2) is 8.42 Å². The molecule has 1 atom stereocenters. The summed E-state index contributed by atoms with van der Waals surface area (Å²) in [5.74, 6) is 0.0995. The summed E-state index contributed by atoms with van der Waals surface area (Å²) in [6.45, 7) is 7.70. The maximum atomic E-state index is 12.7. The van der Waals surface area contributed by atoms with Crippen LogP contribution in [0.1, 0.15) is 34.1 Å².